The van der Waals surface area contributed by atoms with E-state index >= 15 is 0 Å². The van der Waals surface area contributed by atoms with Crippen LogP contribution in [0.3, 0.4) is 0 Å². The van der Waals surface area contributed by atoms with Crippen LogP contribution in [0.2, 0.25) is 0 Å². The smallest absolute Gasteiger partial charge is 0.422 e. The van der Waals surface area contributed by atoms with E-state index in [1.165, 1.54) is 17.0 Å². The number of nitrogens with zero attached hydrogens (tertiary/aromatic N) is 2. The SMILES string of the molecule is CN(C)C(=O)c1ccccc1NC(=O)c1ccc(OCC(F)(F)F)cn1. The monoisotopic (exact) mass is 367 g/mol. The standard InChI is InChI=1S/C17H16F3N3O3/c1-23(2)16(25)12-5-3-4-6-13(12)22-15(24)14-8-7-11(9-21-14)26-10-17(18,19)20/h3-9H,10H2,1-2H3,(H,22,24). The zero-order chi connectivity index (χ0) is 19.3. The number of benzene rings is 1. The van der Waals surface area contributed by atoms with Crippen molar-refractivity contribution in [2.45, 2.75) is 6.18 Å². The largest absolute Gasteiger partial charge is 0.483 e. The molecule has 0 aliphatic carbocycles. The lowest BCUT2D eigenvalue weighted by molar-refractivity contribution is -0.153. The van der Waals surface area contributed by atoms with Crippen LogP contribution in [0.25, 0.3) is 0 Å². The lowest BCUT2D eigenvalue weighted by Crippen LogP contribution is -2.24. The molecule has 1 N–H and O–H groups in total. The third-order valence-electron chi connectivity index (χ3n) is 3.18. The Balaban J connectivity index is 2.10. The van der Waals surface area contributed by atoms with Crippen molar-refractivity contribution in [2.24, 2.45) is 0 Å². The minimum atomic E-state index is -4.46. The second-order valence-electron chi connectivity index (χ2n) is 5.48. The molecule has 0 aliphatic heterocycles. The molecule has 26 heavy (non-hydrogen) atoms. The van der Waals surface area contributed by atoms with Crippen LogP contribution in [-0.4, -0.2) is 48.6 Å². The molecule has 0 aliphatic rings. The lowest BCUT2D eigenvalue weighted by atomic mass is 10.1. The Morgan fingerprint density at radius 2 is 1.85 bits per heavy atom. The summed E-state index contributed by atoms with van der Waals surface area (Å²) >= 11 is 0. The van der Waals surface area contributed by atoms with Crippen LogP contribution in [0.15, 0.2) is 42.6 Å². The fraction of sp³-hybridized carbons (Fsp3) is 0.235. The number of alkyl halides is 3. The summed E-state index contributed by atoms with van der Waals surface area (Å²) in [5.74, 6) is -1.00. The average Bonchev–Trinajstić information content (AvgIpc) is 2.59. The fourth-order valence-corrected chi connectivity index (χ4v) is 1.97. The number of nitrogens with one attached hydrogen (secondary N) is 1. The van der Waals surface area contributed by atoms with Crippen molar-refractivity contribution in [3.8, 4) is 5.75 Å². The summed E-state index contributed by atoms with van der Waals surface area (Å²) in [6, 6.07) is 8.90. The topological polar surface area (TPSA) is 71.5 Å². The Bertz CT molecular complexity index is 790. The van der Waals surface area contributed by atoms with Crippen LogP contribution in [0.5, 0.6) is 5.75 Å². The molecule has 0 saturated heterocycles. The number of carbonyl (C=O) groups is 2. The van der Waals surface area contributed by atoms with Gasteiger partial charge in [-0.05, 0) is 24.3 Å². The maximum Gasteiger partial charge on any atom is 0.422 e. The van der Waals surface area contributed by atoms with E-state index in [0.717, 1.165) is 6.20 Å². The van der Waals surface area contributed by atoms with E-state index in [-0.39, 0.29) is 17.4 Å². The van der Waals surface area contributed by atoms with Gasteiger partial charge in [-0.25, -0.2) is 4.98 Å². The van der Waals surface area contributed by atoms with Gasteiger partial charge in [0.25, 0.3) is 11.8 Å². The number of halogens is 3. The van der Waals surface area contributed by atoms with E-state index in [1.54, 1.807) is 38.4 Å². The average molecular weight is 367 g/mol. The predicted molar refractivity (Wildman–Crippen MR) is 88.2 cm³/mol. The molecule has 6 nitrogen and oxygen atoms in total. The highest BCUT2D eigenvalue weighted by molar-refractivity contribution is 6.08. The van der Waals surface area contributed by atoms with Gasteiger partial charge in [0.15, 0.2) is 6.61 Å². The van der Waals surface area contributed by atoms with Gasteiger partial charge in [-0.1, -0.05) is 12.1 Å². The second-order valence-corrected chi connectivity index (χ2v) is 5.48. The highest BCUT2D eigenvalue weighted by Crippen LogP contribution is 2.19. The first-order valence-electron chi connectivity index (χ1n) is 7.45. The summed E-state index contributed by atoms with van der Waals surface area (Å²) < 4.78 is 40.9. The van der Waals surface area contributed by atoms with Crippen molar-refractivity contribution in [1.82, 2.24) is 9.88 Å². The van der Waals surface area contributed by atoms with Gasteiger partial charge in [0.2, 0.25) is 0 Å². The van der Waals surface area contributed by atoms with Crippen molar-refractivity contribution in [3.63, 3.8) is 0 Å². The molecule has 1 heterocycles. The summed E-state index contributed by atoms with van der Waals surface area (Å²) in [6.07, 6.45) is -3.43. The van der Waals surface area contributed by atoms with Crippen LogP contribution in [0.4, 0.5) is 18.9 Å². The van der Waals surface area contributed by atoms with E-state index in [9.17, 15) is 22.8 Å². The first-order chi connectivity index (χ1) is 12.2. The van der Waals surface area contributed by atoms with Gasteiger partial charge in [-0.3, -0.25) is 9.59 Å². The quantitative estimate of drug-likeness (QED) is 0.882. The number of carbonyl (C=O) groups excluding carboxylic acids is 2. The highest BCUT2D eigenvalue weighted by atomic mass is 19.4. The molecular formula is C17H16F3N3O3. The molecule has 1 aromatic carbocycles. The van der Waals surface area contributed by atoms with Crippen molar-refractivity contribution >= 4 is 17.5 Å². The molecule has 2 amide bonds. The highest BCUT2D eigenvalue weighted by Gasteiger charge is 2.28. The number of pyridine rings is 1. The van der Waals surface area contributed by atoms with Crippen LogP contribution in [0, 0.1) is 0 Å². The van der Waals surface area contributed by atoms with Gasteiger partial charge in [0, 0.05) is 14.1 Å². The van der Waals surface area contributed by atoms with E-state index in [4.69, 9.17) is 0 Å². The summed E-state index contributed by atoms with van der Waals surface area (Å²) in [7, 11) is 3.17. The summed E-state index contributed by atoms with van der Waals surface area (Å²) in [5, 5.41) is 2.57. The maximum atomic E-state index is 12.3. The summed E-state index contributed by atoms with van der Waals surface area (Å²) in [4.78, 5) is 29.6. The first-order valence-corrected chi connectivity index (χ1v) is 7.45. The third kappa shape index (κ3) is 5.20. The van der Waals surface area contributed by atoms with E-state index in [1.807, 2.05) is 0 Å². The van der Waals surface area contributed by atoms with Crippen molar-refractivity contribution < 1.29 is 27.5 Å². The van der Waals surface area contributed by atoms with Crippen molar-refractivity contribution in [3.05, 3.63) is 53.9 Å². The molecule has 138 valence electrons. The van der Waals surface area contributed by atoms with Gasteiger partial charge in [-0.2, -0.15) is 13.2 Å². The van der Waals surface area contributed by atoms with Crippen molar-refractivity contribution in [1.29, 1.82) is 0 Å². The number of hydrogen-bond acceptors (Lipinski definition) is 4. The third-order valence-corrected chi connectivity index (χ3v) is 3.18. The molecule has 0 spiro atoms. The fourth-order valence-electron chi connectivity index (χ4n) is 1.97. The minimum absolute atomic E-state index is 0.0311. The number of rotatable bonds is 5. The number of ether oxygens (including phenoxy) is 1. The molecule has 2 aromatic rings. The molecule has 0 fully saturated rings. The van der Waals surface area contributed by atoms with E-state index in [0.29, 0.717) is 11.3 Å². The molecule has 0 saturated carbocycles. The van der Waals surface area contributed by atoms with Gasteiger partial charge in [-0.15, -0.1) is 0 Å². The minimum Gasteiger partial charge on any atom is -0.483 e. The zero-order valence-corrected chi connectivity index (χ0v) is 14.0. The Morgan fingerprint density at radius 1 is 1.15 bits per heavy atom. The Hall–Kier alpha value is -3.10. The zero-order valence-electron chi connectivity index (χ0n) is 14.0. The molecule has 1 aromatic heterocycles. The van der Waals surface area contributed by atoms with Crippen molar-refractivity contribution in [2.75, 3.05) is 26.0 Å². The molecular weight excluding hydrogens is 351 g/mol. The molecule has 9 heteroatoms. The van der Waals surface area contributed by atoms with Crippen LogP contribution >= 0.6 is 0 Å². The summed E-state index contributed by atoms with van der Waals surface area (Å²) in [6.45, 7) is -1.44. The molecule has 0 radical (unpaired) electrons. The lowest BCUT2D eigenvalue weighted by Gasteiger charge is -2.14. The molecule has 0 unspecified atom stereocenters. The van der Waals surface area contributed by atoms with Crippen LogP contribution in [0.1, 0.15) is 20.8 Å². The number of para-hydroxylation sites is 1. The van der Waals surface area contributed by atoms with Gasteiger partial charge >= 0.3 is 6.18 Å². The number of hydrogen-bond donors (Lipinski definition) is 1. The van der Waals surface area contributed by atoms with Crippen LogP contribution < -0.4 is 10.1 Å². The van der Waals surface area contributed by atoms with E-state index in [2.05, 4.69) is 15.0 Å². The van der Waals surface area contributed by atoms with Crippen LogP contribution in [-0.2, 0) is 0 Å². The molecule has 0 bridgehead atoms. The number of aromatic nitrogens is 1. The van der Waals surface area contributed by atoms with Gasteiger partial charge < -0.3 is 15.0 Å². The van der Waals surface area contributed by atoms with Gasteiger partial charge in [0.05, 0.1) is 17.4 Å². The van der Waals surface area contributed by atoms with E-state index < -0.39 is 18.7 Å². The number of amides is 2. The number of anilines is 1. The Morgan fingerprint density at radius 3 is 2.42 bits per heavy atom. The second kappa shape index (κ2) is 7.85. The molecule has 2 rings (SSSR count). The first kappa shape index (κ1) is 19.2. The van der Waals surface area contributed by atoms with Gasteiger partial charge in [0.1, 0.15) is 11.4 Å². The summed E-state index contributed by atoms with van der Waals surface area (Å²) in [5.41, 5.74) is 0.572. The predicted octanol–water partition coefficient (Wildman–Crippen LogP) is 2.98. The molecule has 0 atom stereocenters. The Kier molecular flexibility index (Phi) is 5.81. The maximum absolute atomic E-state index is 12.3. The normalized spacial score (nSPS) is 11.0. The Labute approximate surface area is 147 Å².